The van der Waals surface area contributed by atoms with Gasteiger partial charge in [-0.3, -0.25) is 19.4 Å². The number of nitrogens with zero attached hydrogens (tertiary/aromatic N) is 2. The van der Waals surface area contributed by atoms with E-state index < -0.39 is 0 Å². The molecule has 31 heavy (non-hydrogen) atoms. The summed E-state index contributed by atoms with van der Waals surface area (Å²) in [4.78, 5) is 27.0. The van der Waals surface area contributed by atoms with Gasteiger partial charge in [0.1, 0.15) is 0 Å². The number of amides is 2. The Hall–Kier alpha value is -0.452. The van der Waals surface area contributed by atoms with E-state index in [0.29, 0.717) is 42.3 Å². The van der Waals surface area contributed by atoms with Gasteiger partial charge in [0.05, 0.1) is 13.1 Å². The third kappa shape index (κ3) is 9.51. The van der Waals surface area contributed by atoms with E-state index in [2.05, 4.69) is 31.0 Å². The second-order valence-electron chi connectivity index (χ2n) is 11.2. The minimum atomic E-state index is -0.271. The van der Waals surface area contributed by atoms with Gasteiger partial charge in [0, 0.05) is 45.7 Å². The number of nitrogens with one attached hydrogen (secondary N) is 1. The number of carbonyl (C=O) groups excluding carboxylic acids is 2. The number of hydrogen-bond donors (Lipinski definition) is 2. The van der Waals surface area contributed by atoms with Crippen LogP contribution < -0.4 is 11.1 Å². The molecule has 0 bridgehead atoms. The van der Waals surface area contributed by atoms with Gasteiger partial charge in [-0.15, -0.1) is 19.3 Å². The van der Waals surface area contributed by atoms with Crippen molar-refractivity contribution in [2.45, 2.75) is 64.5 Å². The zero-order chi connectivity index (χ0) is 22.7. The van der Waals surface area contributed by atoms with Crippen LogP contribution in [0, 0.1) is 43.9 Å². The summed E-state index contributed by atoms with van der Waals surface area (Å²) in [6.07, 6.45) is 5.81. The van der Waals surface area contributed by atoms with Gasteiger partial charge in [0.25, 0.3) is 0 Å². The van der Waals surface area contributed by atoms with Crippen molar-refractivity contribution in [1.82, 2.24) is 15.1 Å². The van der Waals surface area contributed by atoms with Gasteiger partial charge in [0.15, 0.2) is 0 Å². The minimum Gasteiger partial charge on any atom is -0.369 e. The molecule has 0 aromatic carbocycles. The van der Waals surface area contributed by atoms with E-state index in [-0.39, 0.29) is 38.4 Å². The Morgan fingerprint density at radius 3 is 1.90 bits per heavy atom. The fourth-order valence-corrected chi connectivity index (χ4v) is 5.26. The number of hydrogen-bond acceptors (Lipinski definition) is 4. The zero-order valence-corrected chi connectivity index (χ0v) is 22.9. The van der Waals surface area contributed by atoms with Gasteiger partial charge in [-0.25, -0.2) is 0 Å². The maximum absolute atomic E-state index is 11.9. The molecule has 180 valence electrons. The predicted molar refractivity (Wildman–Crippen MR) is 122 cm³/mol. The smallest absolute Gasteiger partial charge is 0.234 e. The van der Waals surface area contributed by atoms with Crippen molar-refractivity contribution >= 4 is 11.8 Å². The van der Waals surface area contributed by atoms with Crippen molar-refractivity contribution in [2.75, 3.05) is 33.2 Å². The average Bonchev–Trinajstić information content (AvgIpc) is 2.44. The number of carbonyl (C=O) groups is 2. The standard InChI is InChI=1S/C15H28N4O2.C9H15.W/c1-14(2,3)17-13(21)8-19-9-15(10-19)5-11(6-15)18(4)7-12(16)20;1-7-4-8(2)6-9(3)5-7;/h11H,5-10H2,1-4H3,(H2,16,20)(H,17,21);7-9H,1-6H2;/q;-3;. The van der Waals surface area contributed by atoms with Crippen LogP contribution in [-0.4, -0.2) is 66.4 Å². The molecule has 3 rings (SSSR count). The first-order valence-corrected chi connectivity index (χ1v) is 11.3. The fourth-order valence-electron chi connectivity index (χ4n) is 5.26. The molecule has 2 amide bonds. The Balaban J connectivity index is 0.000000404. The molecule has 3 fully saturated rings. The fraction of sp³-hybridized carbons (Fsp3) is 0.792. The third-order valence-corrected chi connectivity index (χ3v) is 6.37. The second-order valence-corrected chi connectivity index (χ2v) is 11.2. The zero-order valence-electron chi connectivity index (χ0n) is 20.0. The summed E-state index contributed by atoms with van der Waals surface area (Å²) >= 11 is 0. The van der Waals surface area contributed by atoms with Gasteiger partial charge in [-0.05, 0) is 46.1 Å². The first-order chi connectivity index (χ1) is 13.8. The number of rotatable bonds is 5. The van der Waals surface area contributed by atoms with Crippen molar-refractivity contribution in [2.24, 2.45) is 28.9 Å². The number of nitrogens with two attached hydrogens (primary N) is 1. The Bertz CT molecular complexity index is 568. The quantitative estimate of drug-likeness (QED) is 0.474. The van der Waals surface area contributed by atoms with Crippen LogP contribution in [0.3, 0.4) is 0 Å². The molecule has 2 saturated carbocycles. The normalized spacial score (nSPS) is 27.9. The molecule has 0 unspecified atom stereocenters. The maximum Gasteiger partial charge on any atom is 0.234 e. The van der Waals surface area contributed by atoms with E-state index in [4.69, 9.17) is 5.73 Å². The molecule has 3 N–H and O–H groups in total. The Morgan fingerprint density at radius 2 is 1.52 bits per heavy atom. The molecule has 2 aliphatic carbocycles. The Morgan fingerprint density at radius 1 is 1.06 bits per heavy atom. The summed E-state index contributed by atoms with van der Waals surface area (Å²) in [6.45, 7) is 20.8. The molecular formula is C24H43N4O2W-3. The largest absolute Gasteiger partial charge is 0.369 e. The Labute approximate surface area is 204 Å². The molecule has 1 heterocycles. The topological polar surface area (TPSA) is 78.7 Å². The summed E-state index contributed by atoms with van der Waals surface area (Å²) in [5, 5.41) is 2.99. The van der Waals surface area contributed by atoms with E-state index in [1.807, 2.05) is 32.7 Å². The van der Waals surface area contributed by atoms with Gasteiger partial charge < -0.3 is 31.8 Å². The predicted octanol–water partition coefficient (Wildman–Crippen LogP) is 2.30. The summed E-state index contributed by atoms with van der Waals surface area (Å²) in [5.41, 5.74) is 5.42. The molecule has 0 radical (unpaired) electrons. The summed E-state index contributed by atoms with van der Waals surface area (Å²) in [5.74, 6) is 1.67. The summed E-state index contributed by atoms with van der Waals surface area (Å²) in [6, 6.07) is 0.461. The van der Waals surface area contributed by atoms with E-state index in [1.165, 1.54) is 19.3 Å². The van der Waals surface area contributed by atoms with Gasteiger partial charge in [-0.1, -0.05) is 0 Å². The van der Waals surface area contributed by atoms with Crippen molar-refractivity contribution in [3.63, 3.8) is 0 Å². The molecule has 1 aliphatic heterocycles. The van der Waals surface area contributed by atoms with Crippen LogP contribution in [0.5, 0.6) is 0 Å². The van der Waals surface area contributed by atoms with Crippen LogP contribution in [0.2, 0.25) is 0 Å². The molecule has 0 aromatic heterocycles. The van der Waals surface area contributed by atoms with Crippen molar-refractivity contribution in [1.29, 1.82) is 0 Å². The number of likely N-dealkylation sites (N-methyl/N-ethyl adjacent to an activating group) is 1. The first-order valence-electron chi connectivity index (χ1n) is 11.3. The van der Waals surface area contributed by atoms with Crippen molar-refractivity contribution in [3.8, 4) is 0 Å². The molecule has 7 heteroatoms. The van der Waals surface area contributed by atoms with Crippen molar-refractivity contribution < 1.29 is 30.7 Å². The van der Waals surface area contributed by atoms with Crippen LogP contribution in [0.15, 0.2) is 0 Å². The van der Waals surface area contributed by atoms with Gasteiger partial charge in [-0.2, -0.15) is 17.8 Å². The second kappa shape index (κ2) is 11.6. The van der Waals surface area contributed by atoms with Gasteiger partial charge in [0.2, 0.25) is 11.8 Å². The Kier molecular flexibility index (Phi) is 10.7. The van der Waals surface area contributed by atoms with Crippen LogP contribution in [0.25, 0.3) is 0 Å². The maximum atomic E-state index is 11.9. The SMILES string of the molecule is CN(CC(N)=O)C1CC2(C1)CN(CC(=O)NC(C)(C)C)C2.[CH2-]C1CC([CH2-])CC([CH2-])C1.[W]. The third-order valence-electron chi connectivity index (χ3n) is 6.37. The van der Waals surface area contributed by atoms with E-state index >= 15 is 0 Å². The number of likely N-dealkylation sites (tertiary alicyclic amines) is 1. The van der Waals surface area contributed by atoms with E-state index in [9.17, 15) is 9.59 Å². The van der Waals surface area contributed by atoms with Crippen LogP contribution in [0.1, 0.15) is 52.9 Å². The minimum absolute atomic E-state index is 0. The molecule has 1 saturated heterocycles. The number of primary amides is 1. The van der Waals surface area contributed by atoms with Crippen LogP contribution >= 0.6 is 0 Å². The average molecular weight is 603 g/mol. The molecule has 6 nitrogen and oxygen atoms in total. The van der Waals surface area contributed by atoms with E-state index in [0.717, 1.165) is 25.9 Å². The molecular weight excluding hydrogens is 560 g/mol. The molecule has 0 aromatic rings. The van der Waals surface area contributed by atoms with Gasteiger partial charge >= 0.3 is 0 Å². The summed E-state index contributed by atoms with van der Waals surface area (Å²) < 4.78 is 0. The van der Waals surface area contributed by atoms with Crippen LogP contribution in [-0.2, 0) is 30.7 Å². The molecule has 0 atom stereocenters. The van der Waals surface area contributed by atoms with E-state index in [1.54, 1.807) is 0 Å². The molecule has 1 spiro atoms. The van der Waals surface area contributed by atoms with Crippen LogP contribution in [0.4, 0.5) is 0 Å². The molecule has 3 aliphatic rings. The van der Waals surface area contributed by atoms with Crippen molar-refractivity contribution in [3.05, 3.63) is 20.8 Å². The monoisotopic (exact) mass is 603 g/mol. The summed E-state index contributed by atoms with van der Waals surface area (Å²) in [7, 11) is 1.95. The first kappa shape index (κ1) is 28.6.